The van der Waals surface area contributed by atoms with Crippen LogP contribution in [0.15, 0.2) is 18.2 Å². The van der Waals surface area contributed by atoms with E-state index in [-0.39, 0.29) is 17.5 Å². The molecule has 0 aliphatic rings. The topological polar surface area (TPSA) is 81.5 Å². The minimum Gasteiger partial charge on any atom is -0.494 e. The number of amides is 1. The summed E-state index contributed by atoms with van der Waals surface area (Å²) in [5.74, 6) is 0.172. The van der Waals surface area contributed by atoms with Gasteiger partial charge in [-0.1, -0.05) is 26.7 Å². The van der Waals surface area contributed by atoms with Gasteiger partial charge in [-0.3, -0.25) is 14.9 Å². The second-order valence-electron chi connectivity index (χ2n) is 4.88. The third-order valence-corrected chi connectivity index (χ3v) is 3.42. The maximum Gasteiger partial charge on any atom is 0.273 e. The maximum absolute atomic E-state index is 12.2. The first-order valence-corrected chi connectivity index (χ1v) is 7.16. The number of carbonyl (C=O) groups is 1. The van der Waals surface area contributed by atoms with Gasteiger partial charge in [-0.15, -0.1) is 0 Å². The zero-order valence-corrected chi connectivity index (χ0v) is 12.7. The Morgan fingerprint density at radius 3 is 2.67 bits per heavy atom. The van der Waals surface area contributed by atoms with E-state index in [9.17, 15) is 14.9 Å². The first kappa shape index (κ1) is 16.9. The monoisotopic (exact) mass is 294 g/mol. The molecule has 0 radical (unpaired) electrons. The molecule has 1 aromatic rings. The molecule has 1 atom stereocenters. The summed E-state index contributed by atoms with van der Waals surface area (Å²) in [6.45, 7) is 4.07. The molecule has 6 nitrogen and oxygen atoms in total. The second kappa shape index (κ2) is 8.24. The van der Waals surface area contributed by atoms with Gasteiger partial charge < -0.3 is 10.1 Å². The number of methoxy groups -OCH3 is 1. The highest BCUT2D eigenvalue weighted by molar-refractivity contribution is 5.94. The van der Waals surface area contributed by atoms with Crippen LogP contribution in [0.4, 0.5) is 11.4 Å². The highest BCUT2D eigenvalue weighted by Crippen LogP contribution is 2.29. The quantitative estimate of drug-likeness (QED) is 0.584. The third kappa shape index (κ3) is 4.73. The average Bonchev–Trinajstić information content (AvgIpc) is 2.48. The second-order valence-corrected chi connectivity index (χ2v) is 4.88. The SMILES string of the molecule is CCCC[C@H](CC)C(=O)Nc1ccc([N+](=O)[O-])cc1OC. The number of nitro benzene ring substituents is 1. The van der Waals surface area contributed by atoms with Crippen molar-refractivity contribution in [3.8, 4) is 5.75 Å². The number of anilines is 1. The number of nitrogens with zero attached hydrogens (tertiary/aromatic N) is 1. The molecule has 0 unspecified atom stereocenters. The van der Waals surface area contributed by atoms with Gasteiger partial charge in [0, 0.05) is 12.0 Å². The van der Waals surface area contributed by atoms with Gasteiger partial charge >= 0.3 is 0 Å². The molecule has 0 aliphatic carbocycles. The summed E-state index contributed by atoms with van der Waals surface area (Å²) in [6, 6.07) is 4.16. The fraction of sp³-hybridized carbons (Fsp3) is 0.533. The number of nitro groups is 1. The molecular weight excluding hydrogens is 272 g/mol. The molecule has 1 rings (SSSR count). The van der Waals surface area contributed by atoms with Crippen LogP contribution in [-0.4, -0.2) is 17.9 Å². The lowest BCUT2D eigenvalue weighted by atomic mass is 9.98. The van der Waals surface area contributed by atoms with Gasteiger partial charge in [0.25, 0.3) is 5.69 Å². The lowest BCUT2D eigenvalue weighted by Gasteiger charge is -2.16. The largest absolute Gasteiger partial charge is 0.494 e. The Morgan fingerprint density at radius 2 is 2.14 bits per heavy atom. The molecule has 0 saturated carbocycles. The van der Waals surface area contributed by atoms with Crippen molar-refractivity contribution < 1.29 is 14.5 Å². The van der Waals surface area contributed by atoms with E-state index in [1.165, 1.54) is 25.3 Å². The van der Waals surface area contributed by atoms with E-state index in [4.69, 9.17) is 4.74 Å². The smallest absolute Gasteiger partial charge is 0.273 e. The van der Waals surface area contributed by atoms with Gasteiger partial charge in [0.1, 0.15) is 5.75 Å². The number of non-ortho nitro benzene ring substituents is 1. The molecule has 6 heteroatoms. The molecule has 0 spiro atoms. The van der Waals surface area contributed by atoms with Crippen molar-refractivity contribution in [1.82, 2.24) is 0 Å². The van der Waals surface area contributed by atoms with Gasteiger partial charge in [-0.25, -0.2) is 0 Å². The van der Waals surface area contributed by atoms with Crippen LogP contribution in [0.1, 0.15) is 39.5 Å². The van der Waals surface area contributed by atoms with Crippen LogP contribution in [-0.2, 0) is 4.79 Å². The average molecular weight is 294 g/mol. The van der Waals surface area contributed by atoms with Gasteiger partial charge in [0.2, 0.25) is 5.91 Å². The zero-order chi connectivity index (χ0) is 15.8. The highest BCUT2D eigenvalue weighted by Gasteiger charge is 2.18. The molecule has 0 fully saturated rings. The van der Waals surface area contributed by atoms with Gasteiger partial charge in [-0.05, 0) is 18.9 Å². The van der Waals surface area contributed by atoms with Crippen LogP contribution in [0.2, 0.25) is 0 Å². The molecule has 116 valence electrons. The number of hydrogen-bond donors (Lipinski definition) is 1. The number of hydrogen-bond acceptors (Lipinski definition) is 4. The molecule has 1 amide bonds. The summed E-state index contributed by atoms with van der Waals surface area (Å²) in [4.78, 5) is 22.5. The number of nitrogens with one attached hydrogen (secondary N) is 1. The van der Waals surface area contributed by atoms with E-state index in [1.54, 1.807) is 0 Å². The predicted molar refractivity (Wildman–Crippen MR) is 81.6 cm³/mol. The van der Waals surface area contributed by atoms with E-state index in [0.717, 1.165) is 25.7 Å². The number of rotatable bonds is 8. The Labute approximate surface area is 124 Å². The molecule has 1 N–H and O–H groups in total. The Hall–Kier alpha value is -2.11. The number of benzene rings is 1. The van der Waals surface area contributed by atoms with Crippen molar-refractivity contribution >= 4 is 17.3 Å². The van der Waals surface area contributed by atoms with Crippen molar-refractivity contribution in [3.63, 3.8) is 0 Å². The van der Waals surface area contributed by atoms with E-state index < -0.39 is 4.92 Å². The summed E-state index contributed by atoms with van der Waals surface area (Å²) in [5, 5.41) is 13.5. The summed E-state index contributed by atoms with van der Waals surface area (Å²) < 4.78 is 5.11. The maximum atomic E-state index is 12.2. The van der Waals surface area contributed by atoms with Crippen LogP contribution in [0.25, 0.3) is 0 Å². The molecule has 0 saturated heterocycles. The molecular formula is C15H22N2O4. The number of unbranched alkanes of at least 4 members (excludes halogenated alkanes) is 1. The van der Waals surface area contributed by atoms with Crippen molar-refractivity contribution in [1.29, 1.82) is 0 Å². The molecule has 1 aromatic carbocycles. The Morgan fingerprint density at radius 1 is 1.43 bits per heavy atom. The summed E-state index contributed by atoms with van der Waals surface area (Å²) in [5.41, 5.74) is 0.394. The third-order valence-electron chi connectivity index (χ3n) is 3.42. The molecule has 21 heavy (non-hydrogen) atoms. The van der Waals surface area contributed by atoms with Crippen LogP contribution in [0, 0.1) is 16.0 Å². The fourth-order valence-corrected chi connectivity index (χ4v) is 2.10. The van der Waals surface area contributed by atoms with E-state index in [1.807, 2.05) is 6.92 Å². The number of carbonyl (C=O) groups excluding carboxylic acids is 1. The first-order valence-electron chi connectivity index (χ1n) is 7.16. The van der Waals surface area contributed by atoms with Gasteiger partial charge in [0.05, 0.1) is 23.8 Å². The minimum absolute atomic E-state index is 0.0511. The van der Waals surface area contributed by atoms with E-state index in [2.05, 4.69) is 12.2 Å². The van der Waals surface area contributed by atoms with E-state index >= 15 is 0 Å². The standard InChI is InChI=1S/C15H22N2O4/c1-4-6-7-11(5-2)15(18)16-13-9-8-12(17(19)20)10-14(13)21-3/h8-11H,4-7H2,1-3H3,(H,16,18)/t11-/m0/s1. The Balaban J connectivity index is 2.86. The molecule has 0 heterocycles. The Kier molecular flexibility index (Phi) is 6.65. The van der Waals surface area contributed by atoms with Crippen molar-refractivity contribution in [2.75, 3.05) is 12.4 Å². The van der Waals surface area contributed by atoms with Crippen molar-refractivity contribution in [2.45, 2.75) is 39.5 Å². The summed E-state index contributed by atoms with van der Waals surface area (Å²) in [6.07, 6.45) is 3.66. The first-order chi connectivity index (χ1) is 10.0. The van der Waals surface area contributed by atoms with Crippen molar-refractivity contribution in [2.24, 2.45) is 5.92 Å². The van der Waals surface area contributed by atoms with E-state index in [0.29, 0.717) is 11.4 Å². The zero-order valence-electron chi connectivity index (χ0n) is 12.7. The lowest BCUT2D eigenvalue weighted by Crippen LogP contribution is -2.22. The van der Waals surface area contributed by atoms with Crippen LogP contribution >= 0.6 is 0 Å². The van der Waals surface area contributed by atoms with Crippen LogP contribution in [0.5, 0.6) is 5.75 Å². The summed E-state index contributed by atoms with van der Waals surface area (Å²) in [7, 11) is 1.42. The molecule has 0 bridgehead atoms. The van der Waals surface area contributed by atoms with Gasteiger partial charge in [0.15, 0.2) is 0 Å². The predicted octanol–water partition coefficient (Wildman–Crippen LogP) is 3.76. The molecule has 0 aliphatic heterocycles. The summed E-state index contributed by atoms with van der Waals surface area (Å²) >= 11 is 0. The fourth-order valence-electron chi connectivity index (χ4n) is 2.10. The minimum atomic E-state index is -0.496. The number of ether oxygens (including phenoxy) is 1. The molecule has 0 aromatic heterocycles. The van der Waals surface area contributed by atoms with Crippen LogP contribution in [0.3, 0.4) is 0 Å². The highest BCUT2D eigenvalue weighted by atomic mass is 16.6. The van der Waals surface area contributed by atoms with Gasteiger partial charge in [-0.2, -0.15) is 0 Å². The van der Waals surface area contributed by atoms with Crippen molar-refractivity contribution in [3.05, 3.63) is 28.3 Å². The Bertz CT molecular complexity index is 502. The normalized spacial score (nSPS) is 11.8. The van der Waals surface area contributed by atoms with Crippen LogP contribution < -0.4 is 10.1 Å². The lowest BCUT2D eigenvalue weighted by molar-refractivity contribution is -0.384.